The standard InChI is InChI=1S/C111H192O16P2/c1-4-7-10-13-16-19-22-25-28-31-34-37-40-43-46-48-50-51-52-53-55-57-59-61-64-67-70-73-76-79-82-85-88-91-94-97-109(114)121-100-106(112)101-123-128(117,118)124-102-107(113)103-125-129(119,120)126-105-108(127-111(116)99-96-93-90-87-84-81-78-75-72-69-66-63-58-45-42-39-36-33-30-27-24-21-18-15-12-9-6-3)104-122-110(115)98-95-92-89-86-83-80-77-74-71-68-65-62-60-56-54-49-47-44-41-38-35-32-29-26-23-20-17-14-11-8-5-2/h8-9,11-12,16-21,25-30,34-39,43-47,58,106-108,112-113H,4-7,10,13-15,22-24,31-33,40-42,48-57,59-105H2,1-3H3,(H,117,118)(H,119,120)/b11-8-,12-9-,19-16-,20-17-,21-18-,28-25-,29-26-,30-27-,37-34-,38-35-,39-36-,46-43-,47-44-,58-45-. The van der Waals surface area contributed by atoms with Crippen LogP contribution in [0.4, 0.5) is 0 Å². The fourth-order valence-corrected chi connectivity index (χ4v) is 16.1. The van der Waals surface area contributed by atoms with E-state index in [4.69, 9.17) is 32.3 Å². The zero-order valence-corrected chi connectivity index (χ0v) is 84.1. The van der Waals surface area contributed by atoms with Crippen LogP contribution in [0.1, 0.15) is 457 Å². The molecule has 0 heterocycles. The van der Waals surface area contributed by atoms with Crippen LogP contribution in [0, 0.1) is 0 Å². The number of rotatable bonds is 99. The summed E-state index contributed by atoms with van der Waals surface area (Å²) >= 11 is 0. The summed E-state index contributed by atoms with van der Waals surface area (Å²) in [6.07, 6.45) is 134. The third kappa shape index (κ3) is 103. The number of carbonyl (C=O) groups is 3. The summed E-state index contributed by atoms with van der Waals surface area (Å²) in [7, 11) is -9.82. The molecule has 0 fully saturated rings. The fourth-order valence-electron chi connectivity index (χ4n) is 14.6. The molecule has 0 aromatic rings. The van der Waals surface area contributed by atoms with E-state index in [0.29, 0.717) is 19.3 Å². The molecule has 0 bridgehead atoms. The van der Waals surface area contributed by atoms with E-state index in [1.54, 1.807) is 0 Å². The summed E-state index contributed by atoms with van der Waals surface area (Å²) in [6.45, 7) is 2.51. The monoisotopic (exact) mass is 1840 g/mol. The smallest absolute Gasteiger partial charge is 0.463 e. The van der Waals surface area contributed by atoms with Gasteiger partial charge in [-0.2, -0.15) is 0 Å². The zero-order chi connectivity index (χ0) is 93.5. The van der Waals surface area contributed by atoms with Crippen molar-refractivity contribution in [1.29, 1.82) is 0 Å². The Kier molecular flexibility index (Phi) is 97.8. The molecule has 5 atom stereocenters. The number of phosphoric ester groups is 2. The molecule has 5 unspecified atom stereocenters. The lowest BCUT2D eigenvalue weighted by Crippen LogP contribution is -2.30. The molecule has 0 saturated carbocycles. The molecular formula is C111H192O16P2. The van der Waals surface area contributed by atoms with Crippen molar-refractivity contribution in [1.82, 2.24) is 0 Å². The lowest BCUT2D eigenvalue weighted by Gasteiger charge is -2.21. The minimum absolute atomic E-state index is 0.0978. The number of unbranched alkanes of at least 4 members (excludes halogenated alkanes) is 48. The summed E-state index contributed by atoms with van der Waals surface area (Å²) < 4.78 is 61.7. The van der Waals surface area contributed by atoms with Crippen LogP contribution < -0.4 is 0 Å². The topological polar surface area (TPSA) is 231 Å². The van der Waals surface area contributed by atoms with Crippen LogP contribution in [0.3, 0.4) is 0 Å². The lowest BCUT2D eigenvalue weighted by molar-refractivity contribution is -0.161. The fraction of sp³-hybridized carbons (Fsp3) is 0.721. The van der Waals surface area contributed by atoms with Gasteiger partial charge in [-0.05, 0) is 154 Å². The summed E-state index contributed by atoms with van der Waals surface area (Å²) in [5, 5.41) is 20.8. The van der Waals surface area contributed by atoms with Gasteiger partial charge < -0.3 is 34.2 Å². The minimum atomic E-state index is -4.95. The molecule has 0 amide bonds. The highest BCUT2D eigenvalue weighted by Gasteiger charge is 2.30. The van der Waals surface area contributed by atoms with Crippen LogP contribution in [0.15, 0.2) is 170 Å². The van der Waals surface area contributed by atoms with E-state index in [9.17, 15) is 43.5 Å². The first-order valence-electron chi connectivity index (χ1n) is 52.4. The number of ether oxygens (including phenoxy) is 3. The van der Waals surface area contributed by atoms with Gasteiger partial charge in [-0.1, -0.05) is 454 Å². The van der Waals surface area contributed by atoms with Crippen LogP contribution >= 0.6 is 15.6 Å². The second-order valence-electron chi connectivity index (χ2n) is 34.9. The summed E-state index contributed by atoms with van der Waals surface area (Å²) in [5.74, 6) is -1.56. The highest BCUT2D eigenvalue weighted by molar-refractivity contribution is 7.47. The Morgan fingerprint density at radius 2 is 0.411 bits per heavy atom. The number of allylic oxidation sites excluding steroid dienone is 28. The van der Waals surface area contributed by atoms with Crippen molar-refractivity contribution in [3.8, 4) is 0 Å². The lowest BCUT2D eigenvalue weighted by atomic mass is 10.0. The summed E-state index contributed by atoms with van der Waals surface area (Å²) in [4.78, 5) is 59.3. The van der Waals surface area contributed by atoms with Gasteiger partial charge in [0.1, 0.15) is 25.4 Å². The number of hydrogen-bond acceptors (Lipinski definition) is 14. The maximum absolute atomic E-state index is 13.1. The molecule has 0 aromatic carbocycles. The van der Waals surface area contributed by atoms with E-state index in [1.807, 2.05) is 0 Å². The molecule has 0 aliphatic rings. The van der Waals surface area contributed by atoms with Gasteiger partial charge in [-0.3, -0.25) is 32.5 Å². The molecule has 18 heteroatoms. The van der Waals surface area contributed by atoms with Gasteiger partial charge in [-0.25, -0.2) is 9.13 Å². The van der Waals surface area contributed by atoms with E-state index in [2.05, 4.69) is 191 Å². The van der Waals surface area contributed by atoms with E-state index in [0.717, 1.165) is 154 Å². The van der Waals surface area contributed by atoms with Crippen molar-refractivity contribution in [3.63, 3.8) is 0 Å². The second-order valence-corrected chi connectivity index (χ2v) is 37.8. The van der Waals surface area contributed by atoms with Gasteiger partial charge in [0, 0.05) is 19.3 Å². The Bertz CT molecular complexity index is 3030. The first-order valence-corrected chi connectivity index (χ1v) is 55.4. The number of aliphatic hydroxyl groups excluding tert-OH is 2. The number of hydrogen-bond donors (Lipinski definition) is 4. The first kappa shape index (κ1) is 124. The zero-order valence-electron chi connectivity index (χ0n) is 82.3. The number of carbonyl (C=O) groups excluding carboxylic acids is 3. The average Bonchev–Trinajstić information content (AvgIpc) is 0.898. The van der Waals surface area contributed by atoms with Gasteiger partial charge in [-0.15, -0.1) is 0 Å². The van der Waals surface area contributed by atoms with Crippen LogP contribution in [0.2, 0.25) is 0 Å². The molecule has 16 nitrogen and oxygen atoms in total. The van der Waals surface area contributed by atoms with Gasteiger partial charge in [0.2, 0.25) is 0 Å². The summed E-state index contributed by atoms with van der Waals surface area (Å²) in [6, 6.07) is 0. The first-order chi connectivity index (χ1) is 63.2. The van der Waals surface area contributed by atoms with Gasteiger partial charge in [0.05, 0.1) is 26.4 Å². The molecule has 0 aromatic heterocycles. The SMILES string of the molecule is CC/C=C\C/C=C\C/C=C\C/C=C\C/C=C\CCCCCCCCCCCCCCCCCC(=O)OCC(COP(=O)(O)OCC(O)COP(=O)(O)OCC(O)COC(=O)CCCCCCCCCCCCCCCCCCCCC/C=C\C/C=C\C/C=C\C/C=C\CCCCC)OC(=O)CCCCCCCCCCCCC/C=C\C/C=C\C/C=C\C/C=C\C/C=C\CC. The third-order valence-electron chi connectivity index (χ3n) is 22.4. The van der Waals surface area contributed by atoms with E-state index in [-0.39, 0.29) is 19.3 Å². The molecule has 0 saturated heterocycles. The number of phosphoric acid groups is 2. The minimum Gasteiger partial charge on any atom is -0.463 e. The van der Waals surface area contributed by atoms with Crippen LogP contribution in [-0.2, 0) is 55.8 Å². The van der Waals surface area contributed by atoms with Crippen molar-refractivity contribution in [2.75, 3.05) is 39.6 Å². The van der Waals surface area contributed by atoms with Gasteiger partial charge in [0.15, 0.2) is 6.10 Å². The molecular weight excluding hydrogens is 1650 g/mol. The Labute approximate surface area is 790 Å². The van der Waals surface area contributed by atoms with Crippen LogP contribution in [0.25, 0.3) is 0 Å². The molecule has 4 N–H and O–H groups in total. The number of esters is 3. The Hall–Kier alpha value is -5.09. The van der Waals surface area contributed by atoms with Crippen molar-refractivity contribution in [3.05, 3.63) is 170 Å². The van der Waals surface area contributed by atoms with Crippen molar-refractivity contribution in [2.45, 2.75) is 476 Å². The number of aliphatic hydroxyl groups is 2. The maximum Gasteiger partial charge on any atom is 0.472 e. The van der Waals surface area contributed by atoms with E-state index >= 15 is 0 Å². The van der Waals surface area contributed by atoms with E-state index in [1.165, 1.54) is 244 Å². The van der Waals surface area contributed by atoms with Gasteiger partial charge >= 0.3 is 33.6 Å². The Morgan fingerprint density at radius 1 is 0.225 bits per heavy atom. The quantitative estimate of drug-likeness (QED) is 0.0146. The van der Waals surface area contributed by atoms with Crippen LogP contribution in [-0.4, -0.2) is 95.9 Å². The normalized spacial score (nSPS) is 14.3. The van der Waals surface area contributed by atoms with Crippen molar-refractivity contribution >= 4 is 33.6 Å². The molecule has 0 aliphatic heterocycles. The Balaban J connectivity index is 4.57. The molecule has 129 heavy (non-hydrogen) atoms. The molecule has 0 spiro atoms. The molecule has 742 valence electrons. The molecule has 0 aliphatic carbocycles. The van der Waals surface area contributed by atoms with Crippen molar-refractivity contribution in [2.24, 2.45) is 0 Å². The average molecular weight is 1840 g/mol. The Morgan fingerprint density at radius 3 is 0.651 bits per heavy atom. The predicted octanol–water partition coefficient (Wildman–Crippen LogP) is 33.3. The van der Waals surface area contributed by atoms with Crippen LogP contribution in [0.5, 0.6) is 0 Å². The highest BCUT2D eigenvalue weighted by Crippen LogP contribution is 2.45. The van der Waals surface area contributed by atoms with E-state index < -0.39 is 91.5 Å². The summed E-state index contributed by atoms with van der Waals surface area (Å²) in [5.41, 5.74) is 0. The molecule has 0 radical (unpaired) electrons. The third-order valence-corrected chi connectivity index (χ3v) is 24.3. The van der Waals surface area contributed by atoms with Crippen molar-refractivity contribution < 1.29 is 75.8 Å². The largest absolute Gasteiger partial charge is 0.472 e. The molecule has 0 rings (SSSR count). The second kappa shape index (κ2) is 102. The highest BCUT2D eigenvalue weighted by atomic mass is 31.2. The van der Waals surface area contributed by atoms with Gasteiger partial charge in [0.25, 0.3) is 0 Å². The predicted molar refractivity (Wildman–Crippen MR) is 546 cm³/mol. The maximum atomic E-state index is 13.1.